The van der Waals surface area contributed by atoms with Gasteiger partial charge >= 0.3 is 6.18 Å². The molecule has 3 nitrogen and oxygen atoms in total. The maximum Gasteiger partial charge on any atom is 0.416 e. The predicted octanol–water partition coefficient (Wildman–Crippen LogP) is 3.62. The number of nitrogens with zero attached hydrogens (tertiary/aromatic N) is 2. The normalized spacial score (nSPS) is 18.5. The summed E-state index contributed by atoms with van der Waals surface area (Å²) in [5, 5.41) is 7.58. The van der Waals surface area contributed by atoms with Crippen molar-refractivity contribution in [2.45, 2.75) is 25.6 Å². The van der Waals surface area contributed by atoms with Crippen LogP contribution in [0, 0.1) is 6.92 Å². The lowest BCUT2D eigenvalue weighted by atomic mass is 10.00. The number of hydrogen-bond acceptors (Lipinski definition) is 2. The van der Waals surface area contributed by atoms with E-state index < -0.39 is 11.7 Å². The zero-order chi connectivity index (χ0) is 14.3. The van der Waals surface area contributed by atoms with E-state index in [9.17, 15) is 13.2 Å². The second-order valence-electron chi connectivity index (χ2n) is 4.97. The maximum absolute atomic E-state index is 12.8. The fourth-order valence-corrected chi connectivity index (χ4v) is 2.58. The van der Waals surface area contributed by atoms with Crippen LogP contribution in [0.2, 0.25) is 0 Å². The first-order valence-electron chi connectivity index (χ1n) is 6.42. The van der Waals surface area contributed by atoms with Gasteiger partial charge in [0, 0.05) is 12.6 Å². The first kappa shape index (κ1) is 13.0. The van der Waals surface area contributed by atoms with Gasteiger partial charge in [-0.2, -0.15) is 18.3 Å². The topological polar surface area (TPSA) is 29.9 Å². The van der Waals surface area contributed by atoms with Gasteiger partial charge in [-0.3, -0.25) is 0 Å². The standard InChI is InChI=1S/C14H14F3N3/c1-9-7-13-18-6-5-12(20(13)19-9)10-3-2-4-11(8-10)14(15,16)17/h2-4,7-8,12,18H,5-6H2,1H3. The molecular weight excluding hydrogens is 267 g/mol. The summed E-state index contributed by atoms with van der Waals surface area (Å²) in [5.41, 5.74) is 0.885. The quantitative estimate of drug-likeness (QED) is 0.865. The highest BCUT2D eigenvalue weighted by atomic mass is 19.4. The van der Waals surface area contributed by atoms with Gasteiger partial charge in [-0.25, -0.2) is 4.68 Å². The molecule has 2 heterocycles. The Kier molecular flexibility index (Phi) is 2.96. The van der Waals surface area contributed by atoms with Crippen LogP contribution in [-0.4, -0.2) is 16.3 Å². The van der Waals surface area contributed by atoms with Crippen molar-refractivity contribution in [3.8, 4) is 0 Å². The van der Waals surface area contributed by atoms with Crippen LogP contribution < -0.4 is 5.32 Å². The Morgan fingerprint density at radius 1 is 1.30 bits per heavy atom. The summed E-state index contributed by atoms with van der Waals surface area (Å²) >= 11 is 0. The summed E-state index contributed by atoms with van der Waals surface area (Å²) in [6, 6.07) is 7.25. The lowest BCUT2D eigenvalue weighted by Gasteiger charge is -2.26. The second kappa shape index (κ2) is 4.54. The van der Waals surface area contributed by atoms with Gasteiger partial charge < -0.3 is 5.32 Å². The van der Waals surface area contributed by atoms with Crippen molar-refractivity contribution in [1.29, 1.82) is 0 Å². The zero-order valence-electron chi connectivity index (χ0n) is 10.9. The van der Waals surface area contributed by atoms with Crippen molar-refractivity contribution in [3.05, 3.63) is 47.2 Å². The number of anilines is 1. The third-order valence-corrected chi connectivity index (χ3v) is 3.48. The van der Waals surface area contributed by atoms with Gasteiger partial charge in [0.05, 0.1) is 17.3 Å². The van der Waals surface area contributed by atoms with Crippen molar-refractivity contribution < 1.29 is 13.2 Å². The molecule has 20 heavy (non-hydrogen) atoms. The Labute approximate surface area is 114 Å². The number of benzene rings is 1. The van der Waals surface area contributed by atoms with Gasteiger partial charge in [-0.15, -0.1) is 0 Å². The second-order valence-corrected chi connectivity index (χ2v) is 4.97. The predicted molar refractivity (Wildman–Crippen MR) is 69.7 cm³/mol. The number of fused-ring (bicyclic) bond motifs is 1. The minimum absolute atomic E-state index is 0.151. The minimum atomic E-state index is -4.31. The first-order chi connectivity index (χ1) is 9.45. The Morgan fingerprint density at radius 3 is 2.85 bits per heavy atom. The van der Waals surface area contributed by atoms with E-state index >= 15 is 0 Å². The van der Waals surface area contributed by atoms with E-state index in [1.165, 1.54) is 12.1 Å². The van der Waals surface area contributed by atoms with E-state index in [1.807, 2.05) is 13.0 Å². The van der Waals surface area contributed by atoms with Gasteiger partial charge in [-0.05, 0) is 31.0 Å². The van der Waals surface area contributed by atoms with Gasteiger partial charge in [0.25, 0.3) is 0 Å². The maximum atomic E-state index is 12.8. The van der Waals surface area contributed by atoms with Gasteiger partial charge in [0.1, 0.15) is 5.82 Å². The van der Waals surface area contributed by atoms with Crippen LogP contribution in [0.5, 0.6) is 0 Å². The lowest BCUT2D eigenvalue weighted by molar-refractivity contribution is -0.137. The monoisotopic (exact) mass is 281 g/mol. The molecule has 106 valence electrons. The number of nitrogens with one attached hydrogen (secondary N) is 1. The van der Waals surface area contributed by atoms with Crippen molar-refractivity contribution in [2.75, 3.05) is 11.9 Å². The van der Waals surface area contributed by atoms with E-state index in [1.54, 1.807) is 10.7 Å². The molecule has 2 aromatic rings. The van der Waals surface area contributed by atoms with Crippen LogP contribution in [0.3, 0.4) is 0 Å². The van der Waals surface area contributed by atoms with Crippen LogP contribution in [0.25, 0.3) is 0 Å². The summed E-state index contributed by atoms with van der Waals surface area (Å²) in [7, 11) is 0. The molecule has 3 rings (SSSR count). The van der Waals surface area contributed by atoms with E-state index in [2.05, 4.69) is 10.4 Å². The summed E-state index contributed by atoms with van der Waals surface area (Å²) < 4.78 is 40.2. The highest BCUT2D eigenvalue weighted by Gasteiger charge is 2.31. The molecule has 0 fully saturated rings. The summed E-state index contributed by atoms with van der Waals surface area (Å²) in [6.07, 6.45) is -3.60. The van der Waals surface area contributed by atoms with Crippen molar-refractivity contribution in [2.24, 2.45) is 0 Å². The molecule has 1 aliphatic heterocycles. The molecule has 0 saturated heterocycles. The minimum Gasteiger partial charge on any atom is -0.370 e. The molecule has 0 aliphatic carbocycles. The molecule has 0 radical (unpaired) electrons. The Hall–Kier alpha value is -1.98. The SMILES string of the molecule is Cc1cc2n(n1)C(c1cccc(C(F)(F)F)c1)CCN2. The number of alkyl halides is 3. The number of halogens is 3. The summed E-state index contributed by atoms with van der Waals surface area (Å²) in [6.45, 7) is 2.60. The molecule has 1 aromatic heterocycles. The molecule has 1 unspecified atom stereocenters. The fraction of sp³-hybridized carbons (Fsp3) is 0.357. The third kappa shape index (κ3) is 2.26. The Morgan fingerprint density at radius 2 is 2.10 bits per heavy atom. The summed E-state index contributed by atoms with van der Waals surface area (Å²) in [5.74, 6) is 0.858. The number of aryl methyl sites for hydroxylation is 1. The van der Waals surface area contributed by atoms with Crippen LogP contribution in [0.1, 0.15) is 29.3 Å². The lowest BCUT2D eigenvalue weighted by Crippen LogP contribution is -2.24. The van der Waals surface area contributed by atoms with Crippen LogP contribution in [-0.2, 0) is 6.18 Å². The highest BCUT2D eigenvalue weighted by molar-refractivity contribution is 5.41. The number of rotatable bonds is 1. The fourth-order valence-electron chi connectivity index (χ4n) is 2.58. The van der Waals surface area contributed by atoms with Crippen molar-refractivity contribution in [3.63, 3.8) is 0 Å². The molecule has 1 N–H and O–H groups in total. The molecular formula is C14H14F3N3. The molecule has 1 aliphatic rings. The highest BCUT2D eigenvalue weighted by Crippen LogP contribution is 2.34. The zero-order valence-corrected chi connectivity index (χ0v) is 10.9. The van der Waals surface area contributed by atoms with E-state index in [0.29, 0.717) is 5.56 Å². The molecule has 1 aromatic carbocycles. The van der Waals surface area contributed by atoms with E-state index in [0.717, 1.165) is 30.5 Å². The number of aromatic nitrogens is 2. The molecule has 0 bridgehead atoms. The van der Waals surface area contributed by atoms with Gasteiger partial charge in [0.15, 0.2) is 0 Å². The Bertz CT molecular complexity index is 631. The molecule has 0 saturated carbocycles. The largest absolute Gasteiger partial charge is 0.416 e. The van der Waals surface area contributed by atoms with E-state index in [-0.39, 0.29) is 6.04 Å². The van der Waals surface area contributed by atoms with Crippen LogP contribution >= 0.6 is 0 Å². The molecule has 0 amide bonds. The van der Waals surface area contributed by atoms with E-state index in [4.69, 9.17) is 0 Å². The Balaban J connectivity index is 2.02. The van der Waals surface area contributed by atoms with Gasteiger partial charge in [-0.1, -0.05) is 12.1 Å². The molecule has 6 heteroatoms. The first-order valence-corrected chi connectivity index (χ1v) is 6.42. The smallest absolute Gasteiger partial charge is 0.370 e. The molecule has 1 atom stereocenters. The van der Waals surface area contributed by atoms with Crippen LogP contribution in [0.4, 0.5) is 19.0 Å². The number of hydrogen-bond donors (Lipinski definition) is 1. The van der Waals surface area contributed by atoms with Gasteiger partial charge in [0.2, 0.25) is 0 Å². The average Bonchev–Trinajstić information content (AvgIpc) is 2.77. The van der Waals surface area contributed by atoms with Crippen molar-refractivity contribution >= 4 is 5.82 Å². The molecule has 0 spiro atoms. The van der Waals surface area contributed by atoms with Crippen molar-refractivity contribution in [1.82, 2.24) is 9.78 Å². The van der Waals surface area contributed by atoms with Crippen LogP contribution in [0.15, 0.2) is 30.3 Å². The average molecular weight is 281 g/mol. The third-order valence-electron chi connectivity index (χ3n) is 3.48. The summed E-state index contributed by atoms with van der Waals surface area (Å²) in [4.78, 5) is 0.